The summed E-state index contributed by atoms with van der Waals surface area (Å²) in [6, 6.07) is 18.5. The summed E-state index contributed by atoms with van der Waals surface area (Å²) in [5.74, 6) is 0.253. The van der Waals surface area contributed by atoms with E-state index in [1.807, 2.05) is 29.2 Å². The van der Waals surface area contributed by atoms with Crippen LogP contribution < -0.4 is 21.3 Å². The van der Waals surface area contributed by atoms with Crippen molar-refractivity contribution in [1.82, 2.24) is 9.88 Å². The van der Waals surface area contributed by atoms with E-state index < -0.39 is 5.91 Å². The van der Waals surface area contributed by atoms with Gasteiger partial charge in [-0.1, -0.05) is 24.3 Å². The number of carbonyl (C=O) groups is 2. The van der Waals surface area contributed by atoms with Gasteiger partial charge in [0.2, 0.25) is 5.91 Å². The van der Waals surface area contributed by atoms with Crippen LogP contribution in [-0.2, 0) is 11.2 Å². The highest BCUT2D eigenvalue weighted by atomic mass is 16.2. The smallest absolute Gasteiger partial charge is 0.252 e. The zero-order valence-corrected chi connectivity index (χ0v) is 19.8. The van der Waals surface area contributed by atoms with Crippen molar-refractivity contribution in [3.8, 4) is 0 Å². The van der Waals surface area contributed by atoms with Crippen molar-refractivity contribution < 1.29 is 9.59 Å². The normalized spacial score (nSPS) is 17.1. The molecule has 2 amide bonds. The lowest BCUT2D eigenvalue weighted by Gasteiger charge is -2.35. The van der Waals surface area contributed by atoms with Gasteiger partial charge in [-0.05, 0) is 48.2 Å². The van der Waals surface area contributed by atoms with Crippen molar-refractivity contribution >= 4 is 34.7 Å². The zero-order valence-electron chi connectivity index (χ0n) is 19.8. The standard InChI is InChI=1S/C27H30N6O2/c1-18(34)32-12-14-33(15-13-32)21-9-7-20(8-10-21)30-26-16-25(23(17-29-26)27(28)35)31-24-11-6-19-4-2-3-5-22(19)24/h2-5,7-10,16-17,24H,6,11-15H2,1H3,(H2,28,35)(H2,29,30,31)/t24-/m0/s1. The van der Waals surface area contributed by atoms with E-state index in [1.54, 1.807) is 6.92 Å². The van der Waals surface area contributed by atoms with Crippen LogP contribution in [0.2, 0.25) is 0 Å². The molecule has 180 valence electrons. The van der Waals surface area contributed by atoms with E-state index in [4.69, 9.17) is 5.73 Å². The molecule has 8 heteroatoms. The van der Waals surface area contributed by atoms with Crippen LogP contribution in [0.1, 0.15) is 40.9 Å². The summed E-state index contributed by atoms with van der Waals surface area (Å²) in [5, 5.41) is 6.85. The molecule has 0 bridgehead atoms. The second kappa shape index (κ2) is 9.66. The number of aryl methyl sites for hydroxylation is 1. The maximum absolute atomic E-state index is 12.1. The minimum Gasteiger partial charge on any atom is -0.377 e. The van der Waals surface area contributed by atoms with Crippen LogP contribution in [-0.4, -0.2) is 47.9 Å². The molecule has 2 aliphatic rings. The molecular formula is C27H30N6O2. The van der Waals surface area contributed by atoms with Gasteiger partial charge in [-0.25, -0.2) is 4.98 Å². The molecule has 4 N–H and O–H groups in total. The summed E-state index contributed by atoms with van der Waals surface area (Å²) in [7, 11) is 0. The highest BCUT2D eigenvalue weighted by Crippen LogP contribution is 2.35. The molecule has 3 aromatic rings. The molecule has 5 rings (SSSR count). The number of nitrogens with one attached hydrogen (secondary N) is 2. The third-order valence-electron chi connectivity index (χ3n) is 6.86. The van der Waals surface area contributed by atoms with Gasteiger partial charge in [-0.3, -0.25) is 9.59 Å². The van der Waals surface area contributed by atoms with Gasteiger partial charge in [-0.2, -0.15) is 0 Å². The molecular weight excluding hydrogens is 440 g/mol. The largest absolute Gasteiger partial charge is 0.377 e. The van der Waals surface area contributed by atoms with Gasteiger partial charge in [0.1, 0.15) is 5.82 Å². The van der Waals surface area contributed by atoms with Crippen molar-refractivity contribution in [2.75, 3.05) is 41.7 Å². The summed E-state index contributed by atoms with van der Waals surface area (Å²) in [6.07, 6.45) is 3.49. The number of amides is 2. The Morgan fingerprint density at radius 2 is 1.77 bits per heavy atom. The van der Waals surface area contributed by atoms with E-state index in [-0.39, 0.29) is 11.9 Å². The molecule has 0 unspecified atom stereocenters. The van der Waals surface area contributed by atoms with E-state index >= 15 is 0 Å². The monoisotopic (exact) mass is 470 g/mol. The minimum atomic E-state index is -0.507. The molecule has 1 atom stereocenters. The summed E-state index contributed by atoms with van der Waals surface area (Å²) in [5.41, 5.74) is 11.3. The van der Waals surface area contributed by atoms with Gasteiger partial charge in [0.15, 0.2) is 0 Å². The first-order valence-corrected chi connectivity index (χ1v) is 12.0. The van der Waals surface area contributed by atoms with Gasteiger partial charge in [0.05, 0.1) is 17.3 Å². The lowest BCUT2D eigenvalue weighted by atomic mass is 10.1. The van der Waals surface area contributed by atoms with Crippen LogP contribution in [0.4, 0.5) is 22.9 Å². The molecule has 8 nitrogen and oxygen atoms in total. The van der Waals surface area contributed by atoms with Crippen molar-refractivity contribution in [3.05, 3.63) is 77.5 Å². The predicted molar refractivity (Wildman–Crippen MR) is 138 cm³/mol. The number of nitrogens with two attached hydrogens (primary N) is 1. The fourth-order valence-electron chi connectivity index (χ4n) is 4.92. The van der Waals surface area contributed by atoms with Crippen LogP contribution in [0, 0.1) is 0 Å². The Hall–Kier alpha value is -4.07. The molecule has 0 radical (unpaired) electrons. The van der Waals surface area contributed by atoms with E-state index in [9.17, 15) is 9.59 Å². The Kier molecular flexibility index (Phi) is 6.27. The summed E-state index contributed by atoms with van der Waals surface area (Å²) in [6.45, 7) is 4.75. The molecule has 2 heterocycles. The molecule has 1 saturated heterocycles. The number of fused-ring (bicyclic) bond motifs is 1. The molecule has 0 saturated carbocycles. The first-order chi connectivity index (χ1) is 17.0. The van der Waals surface area contributed by atoms with Gasteiger partial charge in [0, 0.05) is 56.7 Å². The van der Waals surface area contributed by atoms with Crippen LogP contribution in [0.15, 0.2) is 60.8 Å². The van der Waals surface area contributed by atoms with Crippen LogP contribution in [0.5, 0.6) is 0 Å². The number of nitrogens with zero attached hydrogens (tertiary/aromatic N) is 3. The minimum absolute atomic E-state index is 0.127. The molecule has 1 aromatic heterocycles. The number of aromatic nitrogens is 1. The first kappa shape index (κ1) is 22.7. The number of hydrogen-bond acceptors (Lipinski definition) is 6. The van der Waals surface area contributed by atoms with Gasteiger partial charge < -0.3 is 26.2 Å². The molecule has 1 aliphatic heterocycles. The number of rotatable bonds is 6. The van der Waals surface area contributed by atoms with E-state index in [0.717, 1.165) is 50.4 Å². The highest BCUT2D eigenvalue weighted by Gasteiger charge is 2.23. The van der Waals surface area contributed by atoms with Crippen molar-refractivity contribution in [3.63, 3.8) is 0 Å². The SMILES string of the molecule is CC(=O)N1CCN(c2ccc(Nc3cc(N[C@H]4CCc5ccccc54)c(C(N)=O)cn3)cc2)CC1. The summed E-state index contributed by atoms with van der Waals surface area (Å²) >= 11 is 0. The van der Waals surface area contributed by atoms with Crippen molar-refractivity contribution in [2.45, 2.75) is 25.8 Å². The molecule has 0 spiro atoms. The molecule has 2 aromatic carbocycles. The average molecular weight is 471 g/mol. The van der Waals surface area contributed by atoms with Crippen molar-refractivity contribution in [2.24, 2.45) is 5.73 Å². The van der Waals surface area contributed by atoms with Gasteiger partial charge >= 0.3 is 0 Å². The molecule has 1 aliphatic carbocycles. The lowest BCUT2D eigenvalue weighted by Crippen LogP contribution is -2.48. The van der Waals surface area contributed by atoms with E-state index in [0.29, 0.717) is 17.1 Å². The van der Waals surface area contributed by atoms with Gasteiger partial charge in [0.25, 0.3) is 5.91 Å². The predicted octanol–water partition coefficient (Wildman–Crippen LogP) is 3.69. The fraction of sp³-hybridized carbons (Fsp3) is 0.296. The Balaban J connectivity index is 1.29. The van der Waals surface area contributed by atoms with Crippen LogP contribution in [0.25, 0.3) is 0 Å². The number of pyridine rings is 1. The van der Waals surface area contributed by atoms with E-state index in [1.165, 1.54) is 17.3 Å². The molecule has 1 fully saturated rings. The average Bonchev–Trinajstić information content (AvgIpc) is 3.27. The maximum Gasteiger partial charge on any atom is 0.252 e. The number of benzene rings is 2. The number of anilines is 4. The molecule has 35 heavy (non-hydrogen) atoms. The quantitative estimate of drug-likeness (QED) is 0.508. The van der Waals surface area contributed by atoms with Crippen molar-refractivity contribution in [1.29, 1.82) is 0 Å². The number of piperazine rings is 1. The Morgan fingerprint density at radius 1 is 1.03 bits per heavy atom. The zero-order chi connectivity index (χ0) is 24.4. The van der Waals surface area contributed by atoms with Crippen LogP contribution >= 0.6 is 0 Å². The third-order valence-corrected chi connectivity index (χ3v) is 6.86. The third kappa shape index (κ3) is 4.91. The topological polar surface area (TPSA) is 104 Å². The number of hydrogen-bond donors (Lipinski definition) is 3. The first-order valence-electron chi connectivity index (χ1n) is 12.0. The fourth-order valence-corrected chi connectivity index (χ4v) is 4.92. The Morgan fingerprint density at radius 3 is 2.49 bits per heavy atom. The lowest BCUT2D eigenvalue weighted by molar-refractivity contribution is -0.129. The maximum atomic E-state index is 12.1. The van der Waals surface area contributed by atoms with Crippen LogP contribution in [0.3, 0.4) is 0 Å². The summed E-state index contributed by atoms with van der Waals surface area (Å²) in [4.78, 5) is 32.2. The highest BCUT2D eigenvalue weighted by molar-refractivity contribution is 5.98. The number of carbonyl (C=O) groups excluding carboxylic acids is 2. The Bertz CT molecular complexity index is 1230. The Labute approximate surface area is 205 Å². The second-order valence-corrected chi connectivity index (χ2v) is 9.08. The number of primary amides is 1. The summed E-state index contributed by atoms with van der Waals surface area (Å²) < 4.78 is 0. The van der Waals surface area contributed by atoms with Gasteiger partial charge in [-0.15, -0.1) is 0 Å². The second-order valence-electron chi connectivity index (χ2n) is 9.08. The van der Waals surface area contributed by atoms with E-state index in [2.05, 4.69) is 50.8 Å².